The Labute approximate surface area is 126 Å². The first-order valence-corrected chi connectivity index (χ1v) is 7.64. The van der Waals surface area contributed by atoms with Crippen LogP contribution in [-0.4, -0.2) is 6.10 Å². The van der Waals surface area contributed by atoms with Crippen molar-refractivity contribution in [3.05, 3.63) is 64.7 Å². The van der Waals surface area contributed by atoms with Crippen LogP contribution in [0.4, 0.5) is 0 Å². The summed E-state index contributed by atoms with van der Waals surface area (Å²) in [4.78, 5) is 0. The number of hydrogen-bond acceptors (Lipinski definition) is 2. The zero-order valence-electron chi connectivity index (χ0n) is 13.0. The molecule has 0 radical (unpaired) electrons. The van der Waals surface area contributed by atoms with Gasteiger partial charge < -0.3 is 10.5 Å². The lowest BCUT2D eigenvalue weighted by molar-refractivity contribution is 0.143. The van der Waals surface area contributed by atoms with E-state index in [-0.39, 0.29) is 12.1 Å². The van der Waals surface area contributed by atoms with Gasteiger partial charge in [-0.15, -0.1) is 0 Å². The summed E-state index contributed by atoms with van der Waals surface area (Å²) in [6, 6.07) is 14.7. The van der Waals surface area contributed by atoms with Crippen LogP contribution in [0.2, 0.25) is 0 Å². The zero-order valence-corrected chi connectivity index (χ0v) is 13.0. The largest absolute Gasteiger partial charge is 0.488 e. The molecule has 3 rings (SSSR count). The SMILES string of the molecule is Cc1ccc(C)c(OC2CC(C)c3ccccc3C2N)c1. The lowest BCUT2D eigenvalue weighted by Crippen LogP contribution is -2.37. The molecule has 0 aromatic heterocycles. The Morgan fingerprint density at radius 2 is 1.76 bits per heavy atom. The highest BCUT2D eigenvalue weighted by atomic mass is 16.5. The van der Waals surface area contributed by atoms with Gasteiger partial charge >= 0.3 is 0 Å². The van der Waals surface area contributed by atoms with Gasteiger partial charge in [-0.3, -0.25) is 0 Å². The van der Waals surface area contributed by atoms with Gasteiger partial charge in [-0.25, -0.2) is 0 Å². The number of rotatable bonds is 2. The van der Waals surface area contributed by atoms with E-state index in [4.69, 9.17) is 10.5 Å². The van der Waals surface area contributed by atoms with E-state index in [1.807, 2.05) is 0 Å². The lowest BCUT2D eigenvalue weighted by atomic mass is 9.79. The first-order valence-electron chi connectivity index (χ1n) is 7.64. The molecular weight excluding hydrogens is 258 g/mol. The van der Waals surface area contributed by atoms with Gasteiger partial charge in [-0.1, -0.05) is 43.3 Å². The second-order valence-electron chi connectivity index (χ2n) is 6.22. The molecule has 3 atom stereocenters. The maximum Gasteiger partial charge on any atom is 0.122 e. The molecular formula is C19H23NO. The van der Waals surface area contributed by atoms with E-state index in [0.717, 1.165) is 12.2 Å². The number of nitrogens with two attached hydrogens (primary N) is 1. The Bertz CT molecular complexity index is 650. The predicted molar refractivity (Wildman–Crippen MR) is 86.7 cm³/mol. The van der Waals surface area contributed by atoms with Crippen molar-refractivity contribution in [2.45, 2.75) is 45.3 Å². The molecule has 0 saturated carbocycles. The molecule has 2 heteroatoms. The third-order valence-electron chi connectivity index (χ3n) is 4.49. The van der Waals surface area contributed by atoms with Crippen LogP contribution in [0.15, 0.2) is 42.5 Å². The number of fused-ring (bicyclic) bond motifs is 1. The van der Waals surface area contributed by atoms with Crippen LogP contribution in [0.5, 0.6) is 5.75 Å². The molecule has 1 aliphatic carbocycles. The Kier molecular flexibility index (Phi) is 3.73. The molecule has 0 bridgehead atoms. The van der Waals surface area contributed by atoms with Crippen LogP contribution in [0.25, 0.3) is 0 Å². The summed E-state index contributed by atoms with van der Waals surface area (Å²) in [5.74, 6) is 1.44. The first-order chi connectivity index (χ1) is 10.1. The smallest absolute Gasteiger partial charge is 0.122 e. The molecule has 2 aromatic rings. The van der Waals surface area contributed by atoms with E-state index in [2.05, 4.69) is 63.2 Å². The highest BCUT2D eigenvalue weighted by molar-refractivity contribution is 5.39. The molecule has 0 aliphatic heterocycles. The third kappa shape index (κ3) is 2.68. The van der Waals surface area contributed by atoms with Crippen molar-refractivity contribution in [3.8, 4) is 5.75 Å². The number of ether oxygens (including phenoxy) is 1. The number of benzene rings is 2. The summed E-state index contributed by atoms with van der Waals surface area (Å²) in [6.07, 6.45) is 1.00. The summed E-state index contributed by atoms with van der Waals surface area (Å²) in [6.45, 7) is 6.43. The van der Waals surface area contributed by atoms with Gasteiger partial charge in [-0.2, -0.15) is 0 Å². The van der Waals surface area contributed by atoms with Gasteiger partial charge in [0.05, 0.1) is 6.04 Å². The molecule has 1 aliphatic rings. The minimum absolute atomic E-state index is 0.0374. The van der Waals surface area contributed by atoms with Crippen molar-refractivity contribution < 1.29 is 4.74 Å². The molecule has 2 N–H and O–H groups in total. The summed E-state index contributed by atoms with van der Waals surface area (Å²) < 4.78 is 6.28. The lowest BCUT2D eigenvalue weighted by Gasteiger charge is -2.35. The van der Waals surface area contributed by atoms with Gasteiger partial charge in [0, 0.05) is 0 Å². The molecule has 21 heavy (non-hydrogen) atoms. The quantitative estimate of drug-likeness (QED) is 0.892. The molecule has 2 aromatic carbocycles. The van der Waals surface area contributed by atoms with Crippen molar-refractivity contribution in [2.24, 2.45) is 5.73 Å². The molecule has 2 nitrogen and oxygen atoms in total. The van der Waals surface area contributed by atoms with E-state index in [1.54, 1.807) is 0 Å². The maximum atomic E-state index is 6.46. The van der Waals surface area contributed by atoms with Gasteiger partial charge in [-0.05, 0) is 54.5 Å². The Morgan fingerprint density at radius 1 is 1.05 bits per heavy atom. The van der Waals surface area contributed by atoms with Crippen LogP contribution in [0.1, 0.15) is 47.6 Å². The van der Waals surface area contributed by atoms with E-state index in [9.17, 15) is 0 Å². The summed E-state index contributed by atoms with van der Waals surface area (Å²) in [5.41, 5.74) is 11.4. The average Bonchev–Trinajstić information content (AvgIpc) is 2.48. The van der Waals surface area contributed by atoms with Crippen LogP contribution in [-0.2, 0) is 0 Å². The van der Waals surface area contributed by atoms with Gasteiger partial charge in [0.2, 0.25) is 0 Å². The Hall–Kier alpha value is -1.80. The second-order valence-corrected chi connectivity index (χ2v) is 6.22. The van der Waals surface area contributed by atoms with Crippen molar-refractivity contribution >= 4 is 0 Å². The van der Waals surface area contributed by atoms with Crippen LogP contribution >= 0.6 is 0 Å². The fraction of sp³-hybridized carbons (Fsp3) is 0.368. The Morgan fingerprint density at radius 3 is 2.52 bits per heavy atom. The van der Waals surface area contributed by atoms with Crippen molar-refractivity contribution in [2.75, 3.05) is 0 Å². The number of hydrogen-bond donors (Lipinski definition) is 1. The average molecular weight is 281 g/mol. The minimum Gasteiger partial charge on any atom is -0.488 e. The second kappa shape index (κ2) is 5.53. The normalized spacial score (nSPS) is 24.5. The standard InChI is InChI=1S/C19H23NO/c1-12-8-9-13(2)17(10-12)21-18-11-14(3)15-6-4-5-7-16(15)19(18)20/h4-10,14,18-19H,11,20H2,1-3H3. The molecule has 110 valence electrons. The van der Waals surface area contributed by atoms with Crippen LogP contribution < -0.4 is 10.5 Å². The first kappa shape index (κ1) is 14.2. The molecule has 0 heterocycles. The highest BCUT2D eigenvalue weighted by Gasteiger charge is 2.32. The van der Waals surface area contributed by atoms with E-state index < -0.39 is 0 Å². The molecule has 0 amide bonds. The number of aryl methyl sites for hydroxylation is 2. The third-order valence-corrected chi connectivity index (χ3v) is 4.49. The van der Waals surface area contributed by atoms with Gasteiger partial charge in [0.25, 0.3) is 0 Å². The van der Waals surface area contributed by atoms with Crippen molar-refractivity contribution in [3.63, 3.8) is 0 Å². The summed E-state index contributed by atoms with van der Waals surface area (Å²) in [5, 5.41) is 0. The summed E-state index contributed by atoms with van der Waals surface area (Å²) in [7, 11) is 0. The molecule has 3 unspecified atom stereocenters. The fourth-order valence-corrected chi connectivity index (χ4v) is 3.20. The topological polar surface area (TPSA) is 35.2 Å². The van der Waals surface area contributed by atoms with E-state index in [0.29, 0.717) is 5.92 Å². The predicted octanol–water partition coefficient (Wildman–Crippen LogP) is 4.26. The fourth-order valence-electron chi connectivity index (χ4n) is 3.20. The van der Waals surface area contributed by atoms with Crippen molar-refractivity contribution in [1.29, 1.82) is 0 Å². The van der Waals surface area contributed by atoms with Crippen molar-refractivity contribution in [1.82, 2.24) is 0 Å². The minimum atomic E-state index is -0.0580. The molecule has 0 saturated heterocycles. The zero-order chi connectivity index (χ0) is 15.0. The molecule has 0 spiro atoms. The van der Waals surface area contributed by atoms with Gasteiger partial charge in [0.15, 0.2) is 0 Å². The Balaban J connectivity index is 1.89. The maximum absolute atomic E-state index is 6.46. The molecule has 0 fully saturated rings. The summed E-state index contributed by atoms with van der Waals surface area (Å²) >= 11 is 0. The van der Waals surface area contributed by atoms with Gasteiger partial charge in [0.1, 0.15) is 11.9 Å². The van der Waals surface area contributed by atoms with Crippen LogP contribution in [0.3, 0.4) is 0 Å². The van der Waals surface area contributed by atoms with Crippen LogP contribution in [0, 0.1) is 13.8 Å². The monoisotopic (exact) mass is 281 g/mol. The highest BCUT2D eigenvalue weighted by Crippen LogP contribution is 2.38. The van der Waals surface area contributed by atoms with E-state index >= 15 is 0 Å². The van der Waals surface area contributed by atoms with E-state index in [1.165, 1.54) is 22.3 Å².